The van der Waals surface area contributed by atoms with Crippen molar-refractivity contribution in [2.24, 2.45) is 0 Å². The second-order valence-electron chi connectivity index (χ2n) is 10.1. The van der Waals surface area contributed by atoms with Crippen LogP contribution in [-0.2, 0) is 21.5 Å². The Kier molecular flexibility index (Phi) is 8.05. The van der Waals surface area contributed by atoms with Crippen molar-refractivity contribution in [1.29, 1.82) is 0 Å². The molecule has 2 aromatic rings. The summed E-state index contributed by atoms with van der Waals surface area (Å²) in [5.41, 5.74) is 1.49. The van der Waals surface area contributed by atoms with Gasteiger partial charge in [-0.05, 0) is 68.5 Å². The van der Waals surface area contributed by atoms with Gasteiger partial charge in [0.15, 0.2) is 6.61 Å². The molecule has 32 heavy (non-hydrogen) atoms. The van der Waals surface area contributed by atoms with Crippen molar-refractivity contribution in [3.63, 3.8) is 0 Å². The molecular weight excluding hydrogens is 407 g/mol. The Labute approximate surface area is 191 Å². The summed E-state index contributed by atoms with van der Waals surface area (Å²) in [6.07, 6.45) is 0. The fourth-order valence-electron chi connectivity index (χ4n) is 3.12. The van der Waals surface area contributed by atoms with E-state index in [9.17, 15) is 14.0 Å². The monoisotopic (exact) mass is 442 g/mol. The van der Waals surface area contributed by atoms with Crippen LogP contribution in [0.2, 0.25) is 0 Å². The molecule has 0 radical (unpaired) electrons. The minimum absolute atomic E-state index is 0.0240. The van der Waals surface area contributed by atoms with Gasteiger partial charge in [0, 0.05) is 12.1 Å². The molecule has 1 atom stereocenters. The first-order valence-electron chi connectivity index (χ1n) is 10.9. The number of nitrogens with one attached hydrogen (secondary N) is 1. The number of amides is 2. The van der Waals surface area contributed by atoms with Crippen LogP contribution in [0.3, 0.4) is 0 Å². The zero-order valence-electron chi connectivity index (χ0n) is 20.2. The van der Waals surface area contributed by atoms with Crippen molar-refractivity contribution < 1.29 is 18.7 Å². The maximum Gasteiger partial charge on any atom is 0.261 e. The maximum atomic E-state index is 13.3. The zero-order valence-corrected chi connectivity index (χ0v) is 20.2. The van der Waals surface area contributed by atoms with Gasteiger partial charge in [0.1, 0.15) is 17.6 Å². The maximum absolute atomic E-state index is 13.3. The molecule has 1 N–H and O–H groups in total. The van der Waals surface area contributed by atoms with Crippen molar-refractivity contribution in [2.45, 2.75) is 72.0 Å². The number of hydrogen-bond donors (Lipinski definition) is 1. The van der Waals surface area contributed by atoms with Crippen LogP contribution in [0.15, 0.2) is 48.5 Å². The van der Waals surface area contributed by atoms with Gasteiger partial charge in [0.25, 0.3) is 5.91 Å². The van der Waals surface area contributed by atoms with E-state index in [1.165, 1.54) is 22.6 Å². The zero-order chi connectivity index (χ0) is 24.1. The lowest BCUT2D eigenvalue weighted by atomic mass is 9.87. The third kappa shape index (κ3) is 7.66. The lowest BCUT2D eigenvalue weighted by molar-refractivity contribution is -0.142. The standard InChI is InChI=1S/C26H35FN2O3/c1-18(24(31)28-26(5,6)7)29(16-19-8-12-21(27)13-9-19)23(30)17-32-22-14-10-20(11-15-22)25(2,3)4/h8-15,18H,16-17H2,1-7H3,(H,28,31)/t18-/m0/s1. The average molecular weight is 443 g/mol. The second kappa shape index (κ2) is 10.2. The van der Waals surface area contributed by atoms with E-state index in [4.69, 9.17) is 4.74 Å². The highest BCUT2D eigenvalue weighted by atomic mass is 19.1. The van der Waals surface area contributed by atoms with Crippen LogP contribution >= 0.6 is 0 Å². The highest BCUT2D eigenvalue weighted by molar-refractivity contribution is 5.88. The topological polar surface area (TPSA) is 58.6 Å². The van der Waals surface area contributed by atoms with Crippen LogP contribution in [0.1, 0.15) is 59.6 Å². The Hall–Kier alpha value is -2.89. The summed E-state index contributed by atoms with van der Waals surface area (Å²) in [7, 11) is 0. The Bertz CT molecular complexity index is 910. The number of carbonyl (C=O) groups is 2. The smallest absolute Gasteiger partial charge is 0.261 e. The second-order valence-corrected chi connectivity index (χ2v) is 10.1. The average Bonchev–Trinajstić information content (AvgIpc) is 2.69. The molecule has 0 bridgehead atoms. The largest absolute Gasteiger partial charge is 0.484 e. The van der Waals surface area contributed by atoms with E-state index in [1.807, 2.05) is 45.0 Å². The van der Waals surface area contributed by atoms with Crippen LogP contribution in [0.4, 0.5) is 4.39 Å². The minimum atomic E-state index is -0.723. The number of halogens is 1. The van der Waals surface area contributed by atoms with E-state index in [2.05, 4.69) is 26.1 Å². The molecule has 0 spiro atoms. The molecule has 0 fully saturated rings. The van der Waals surface area contributed by atoms with Crippen LogP contribution in [-0.4, -0.2) is 34.9 Å². The van der Waals surface area contributed by atoms with Crippen molar-refractivity contribution >= 4 is 11.8 Å². The summed E-state index contributed by atoms with van der Waals surface area (Å²) in [6, 6.07) is 12.8. The predicted molar refractivity (Wildman–Crippen MR) is 125 cm³/mol. The lowest BCUT2D eigenvalue weighted by Crippen LogP contribution is -2.53. The number of nitrogens with zero attached hydrogens (tertiary/aromatic N) is 1. The molecule has 2 rings (SSSR count). The quantitative estimate of drug-likeness (QED) is 0.668. The van der Waals surface area contributed by atoms with Crippen LogP contribution in [0.5, 0.6) is 5.75 Å². The Morgan fingerprint density at radius 3 is 2.03 bits per heavy atom. The fraction of sp³-hybridized carbons (Fsp3) is 0.462. The highest BCUT2D eigenvalue weighted by Crippen LogP contribution is 2.24. The molecular formula is C26H35FN2O3. The van der Waals surface area contributed by atoms with Crippen molar-refractivity contribution in [3.05, 3.63) is 65.5 Å². The summed E-state index contributed by atoms with van der Waals surface area (Å²) < 4.78 is 19.0. The van der Waals surface area contributed by atoms with Gasteiger partial charge in [0.05, 0.1) is 0 Å². The molecule has 0 aliphatic heterocycles. The Balaban J connectivity index is 2.15. The predicted octanol–water partition coefficient (Wildman–Crippen LogP) is 4.83. The van der Waals surface area contributed by atoms with E-state index >= 15 is 0 Å². The number of rotatable bonds is 7. The third-order valence-electron chi connectivity index (χ3n) is 5.01. The first kappa shape index (κ1) is 25.4. The molecule has 6 heteroatoms. The highest BCUT2D eigenvalue weighted by Gasteiger charge is 2.28. The molecule has 0 aromatic heterocycles. The SMILES string of the molecule is C[C@@H](C(=O)NC(C)(C)C)N(Cc1ccc(F)cc1)C(=O)COc1ccc(C(C)(C)C)cc1. The van der Waals surface area contributed by atoms with Gasteiger partial charge >= 0.3 is 0 Å². The molecule has 0 unspecified atom stereocenters. The van der Waals surface area contributed by atoms with Gasteiger partial charge in [-0.15, -0.1) is 0 Å². The van der Waals surface area contributed by atoms with Gasteiger partial charge < -0.3 is 15.0 Å². The fourth-order valence-corrected chi connectivity index (χ4v) is 3.12. The first-order chi connectivity index (χ1) is 14.8. The minimum Gasteiger partial charge on any atom is -0.484 e. The van der Waals surface area contributed by atoms with Gasteiger partial charge in [-0.1, -0.05) is 45.0 Å². The number of carbonyl (C=O) groups excluding carboxylic acids is 2. The van der Waals surface area contributed by atoms with Crippen molar-refractivity contribution in [3.8, 4) is 5.75 Å². The molecule has 174 valence electrons. The Morgan fingerprint density at radius 2 is 1.53 bits per heavy atom. The van der Waals surface area contributed by atoms with E-state index in [0.717, 1.165) is 5.56 Å². The lowest BCUT2D eigenvalue weighted by Gasteiger charge is -2.31. The molecule has 0 aliphatic carbocycles. The van der Waals surface area contributed by atoms with Crippen LogP contribution < -0.4 is 10.1 Å². The van der Waals surface area contributed by atoms with Gasteiger partial charge in [-0.25, -0.2) is 4.39 Å². The van der Waals surface area contributed by atoms with Crippen LogP contribution in [0, 0.1) is 5.82 Å². The summed E-state index contributed by atoms with van der Waals surface area (Å²) >= 11 is 0. The summed E-state index contributed by atoms with van der Waals surface area (Å²) in [5, 5.41) is 2.91. The van der Waals surface area contributed by atoms with E-state index in [1.54, 1.807) is 19.1 Å². The van der Waals surface area contributed by atoms with Crippen LogP contribution in [0.25, 0.3) is 0 Å². The van der Waals surface area contributed by atoms with E-state index in [-0.39, 0.29) is 36.2 Å². The summed E-state index contributed by atoms with van der Waals surface area (Å²) in [4.78, 5) is 27.3. The molecule has 0 saturated heterocycles. The molecule has 0 heterocycles. The van der Waals surface area contributed by atoms with Crippen molar-refractivity contribution in [1.82, 2.24) is 10.2 Å². The van der Waals surface area contributed by atoms with E-state index in [0.29, 0.717) is 5.75 Å². The summed E-state index contributed by atoms with van der Waals surface area (Å²) in [5.74, 6) is -0.361. The van der Waals surface area contributed by atoms with Gasteiger partial charge in [0.2, 0.25) is 5.91 Å². The van der Waals surface area contributed by atoms with Gasteiger partial charge in [-0.3, -0.25) is 9.59 Å². The molecule has 2 aromatic carbocycles. The molecule has 0 aliphatic rings. The van der Waals surface area contributed by atoms with Crippen molar-refractivity contribution in [2.75, 3.05) is 6.61 Å². The molecule has 5 nitrogen and oxygen atoms in total. The number of hydrogen-bond acceptors (Lipinski definition) is 3. The van der Waals surface area contributed by atoms with Gasteiger partial charge in [-0.2, -0.15) is 0 Å². The third-order valence-corrected chi connectivity index (χ3v) is 5.01. The Morgan fingerprint density at radius 1 is 0.969 bits per heavy atom. The number of benzene rings is 2. The summed E-state index contributed by atoms with van der Waals surface area (Å²) in [6.45, 7) is 13.7. The number of ether oxygens (including phenoxy) is 1. The molecule has 0 saturated carbocycles. The molecule has 2 amide bonds. The normalized spacial score (nSPS) is 12.8. The first-order valence-corrected chi connectivity index (χ1v) is 10.9. The van der Waals surface area contributed by atoms with E-state index < -0.39 is 11.6 Å².